The van der Waals surface area contributed by atoms with E-state index in [2.05, 4.69) is 69.2 Å². The van der Waals surface area contributed by atoms with Crippen molar-refractivity contribution in [3.63, 3.8) is 0 Å². The quantitative estimate of drug-likeness (QED) is 0.185. The molecule has 202 valence electrons. The number of fused-ring (bicyclic) bond motifs is 1. The Kier molecular flexibility index (Phi) is 7.59. The van der Waals surface area contributed by atoms with Gasteiger partial charge in [-0.3, -0.25) is 0 Å². The summed E-state index contributed by atoms with van der Waals surface area (Å²) in [5.74, 6) is 0. The Hall–Kier alpha value is -4.03. The van der Waals surface area contributed by atoms with Crippen LogP contribution < -0.4 is 4.72 Å². The Morgan fingerprint density at radius 3 is 2.02 bits per heavy atom. The molecule has 0 amide bonds. The number of hydrogen-bond acceptors (Lipinski definition) is 2. The molecule has 0 aromatic heterocycles. The summed E-state index contributed by atoms with van der Waals surface area (Å²) in [6.45, 7) is 1.95. The molecule has 1 aliphatic carbocycles. The molecule has 5 aromatic carbocycles. The highest BCUT2D eigenvalue weighted by atomic mass is 79.9. The molecule has 0 bridgehead atoms. The lowest BCUT2D eigenvalue weighted by molar-refractivity contribution is 0.573. The largest absolute Gasteiger partial charge is 0.241 e. The summed E-state index contributed by atoms with van der Waals surface area (Å²) < 4.78 is 31.9. The van der Waals surface area contributed by atoms with Crippen molar-refractivity contribution < 1.29 is 8.42 Å². The van der Waals surface area contributed by atoms with Crippen molar-refractivity contribution in [2.24, 2.45) is 0 Å². The number of rotatable bonds is 7. The second-order valence-corrected chi connectivity index (χ2v) is 12.7. The summed E-state index contributed by atoms with van der Waals surface area (Å²) >= 11 is 3.54. The van der Waals surface area contributed by atoms with Gasteiger partial charge in [0.2, 0.25) is 10.0 Å². The van der Waals surface area contributed by atoms with Crippen molar-refractivity contribution in [3.05, 3.63) is 177 Å². The first-order valence-electron chi connectivity index (χ1n) is 13.4. The maximum Gasteiger partial charge on any atom is 0.241 e. The van der Waals surface area contributed by atoms with Crippen LogP contribution in [0.1, 0.15) is 39.4 Å². The zero-order valence-corrected chi connectivity index (χ0v) is 24.9. The van der Waals surface area contributed by atoms with E-state index in [1.165, 1.54) is 0 Å². The normalized spacial score (nSPS) is 15.2. The van der Waals surface area contributed by atoms with E-state index in [-0.39, 0.29) is 4.90 Å². The van der Waals surface area contributed by atoms with Crippen LogP contribution in [0, 0.1) is 6.92 Å². The van der Waals surface area contributed by atoms with Crippen LogP contribution in [0.25, 0.3) is 17.2 Å². The lowest BCUT2D eigenvalue weighted by atomic mass is 9.88. The first-order chi connectivity index (χ1) is 19.9. The minimum Gasteiger partial charge on any atom is -0.207 e. The zero-order chi connectivity index (χ0) is 28.4. The molecule has 0 heterocycles. The molecule has 0 saturated carbocycles. The van der Waals surface area contributed by atoms with Crippen molar-refractivity contribution >= 4 is 43.2 Å². The summed E-state index contributed by atoms with van der Waals surface area (Å²) in [4.78, 5) is 0.242. The van der Waals surface area contributed by atoms with Crippen LogP contribution in [0.3, 0.4) is 0 Å². The lowest BCUT2D eigenvalue weighted by Gasteiger charge is -2.22. The topological polar surface area (TPSA) is 46.2 Å². The van der Waals surface area contributed by atoms with E-state index in [1.54, 1.807) is 12.1 Å². The van der Waals surface area contributed by atoms with Crippen LogP contribution in [-0.4, -0.2) is 8.42 Å². The Balaban J connectivity index is 1.63. The summed E-state index contributed by atoms with van der Waals surface area (Å²) in [5, 5.41) is 0. The first-order valence-corrected chi connectivity index (χ1v) is 15.7. The summed E-state index contributed by atoms with van der Waals surface area (Å²) in [6, 6.07) is 43.0. The van der Waals surface area contributed by atoms with Crippen LogP contribution in [0.15, 0.2) is 148 Å². The maximum absolute atomic E-state index is 13.9. The van der Waals surface area contributed by atoms with Gasteiger partial charge in [-0.2, -0.15) is 4.72 Å². The van der Waals surface area contributed by atoms with Gasteiger partial charge in [0.15, 0.2) is 0 Å². The fourth-order valence-corrected chi connectivity index (χ4v) is 6.80. The fourth-order valence-electron chi connectivity index (χ4n) is 5.35. The van der Waals surface area contributed by atoms with Crippen LogP contribution in [-0.2, 0) is 10.0 Å². The van der Waals surface area contributed by atoms with Gasteiger partial charge in [0.05, 0.1) is 10.9 Å². The third-order valence-electron chi connectivity index (χ3n) is 7.32. The average Bonchev–Trinajstić information content (AvgIpc) is 3.31. The second-order valence-electron chi connectivity index (χ2n) is 10.1. The standard InChI is InChI=1S/C36H28BrNO2S/c1-25-16-22-30(23-17-25)41(39,40)38-36-32-15-9-8-14-31(32)34(28-12-6-3-7-13-28)35(36)33(27-10-4-2-5-11-27)24-26-18-20-29(37)21-19-26/h2-24,36,38H,1H3/b33-24+. The number of nitrogens with one attached hydrogen (secondary N) is 1. The highest BCUT2D eigenvalue weighted by Crippen LogP contribution is 2.50. The van der Waals surface area contributed by atoms with Crippen molar-refractivity contribution in [1.82, 2.24) is 4.72 Å². The molecule has 1 aliphatic rings. The molecule has 5 aromatic rings. The molecule has 0 fully saturated rings. The fraction of sp³-hybridized carbons (Fsp3) is 0.0556. The Morgan fingerprint density at radius 1 is 0.732 bits per heavy atom. The average molecular weight is 619 g/mol. The third-order valence-corrected chi connectivity index (χ3v) is 9.29. The van der Waals surface area contributed by atoms with Gasteiger partial charge in [-0.05, 0) is 81.8 Å². The van der Waals surface area contributed by atoms with E-state index in [1.807, 2.05) is 85.8 Å². The van der Waals surface area contributed by atoms with Crippen LogP contribution in [0.5, 0.6) is 0 Å². The molecule has 0 saturated heterocycles. The molecule has 6 rings (SSSR count). The molecule has 1 atom stereocenters. The molecule has 5 heteroatoms. The minimum atomic E-state index is -3.85. The van der Waals surface area contributed by atoms with E-state index in [0.29, 0.717) is 0 Å². The predicted molar refractivity (Wildman–Crippen MR) is 172 cm³/mol. The van der Waals surface area contributed by atoms with Gasteiger partial charge >= 0.3 is 0 Å². The Morgan fingerprint density at radius 2 is 1.34 bits per heavy atom. The number of hydrogen-bond donors (Lipinski definition) is 1. The van der Waals surface area contributed by atoms with E-state index < -0.39 is 16.1 Å². The van der Waals surface area contributed by atoms with E-state index in [0.717, 1.165) is 54.6 Å². The number of benzene rings is 5. The summed E-state index contributed by atoms with van der Waals surface area (Å²) in [7, 11) is -3.85. The van der Waals surface area contributed by atoms with Crippen molar-refractivity contribution in [1.29, 1.82) is 0 Å². The van der Waals surface area contributed by atoms with Gasteiger partial charge in [0.25, 0.3) is 0 Å². The first kappa shape index (κ1) is 27.2. The molecule has 0 aliphatic heterocycles. The monoisotopic (exact) mass is 617 g/mol. The van der Waals surface area contributed by atoms with Crippen LogP contribution in [0.2, 0.25) is 0 Å². The number of halogens is 1. The number of sulfonamides is 1. The van der Waals surface area contributed by atoms with Gasteiger partial charge < -0.3 is 0 Å². The van der Waals surface area contributed by atoms with E-state index in [4.69, 9.17) is 0 Å². The van der Waals surface area contributed by atoms with Crippen molar-refractivity contribution in [3.8, 4) is 0 Å². The maximum atomic E-state index is 13.9. The van der Waals surface area contributed by atoms with Gasteiger partial charge in [-0.15, -0.1) is 0 Å². The molecule has 0 spiro atoms. The highest BCUT2D eigenvalue weighted by Gasteiger charge is 2.37. The van der Waals surface area contributed by atoms with Gasteiger partial charge in [0.1, 0.15) is 0 Å². The molecule has 0 radical (unpaired) electrons. The molecule has 3 nitrogen and oxygen atoms in total. The van der Waals surface area contributed by atoms with E-state index in [9.17, 15) is 8.42 Å². The molecular formula is C36H28BrNO2S. The zero-order valence-electron chi connectivity index (χ0n) is 22.5. The van der Waals surface area contributed by atoms with Crippen LogP contribution in [0.4, 0.5) is 0 Å². The minimum absolute atomic E-state index is 0.242. The SMILES string of the molecule is Cc1ccc(S(=O)(=O)NC2C(/C(=C/c3ccc(Br)cc3)c3ccccc3)=C(c3ccccc3)c3ccccc32)cc1. The third kappa shape index (κ3) is 5.62. The summed E-state index contributed by atoms with van der Waals surface area (Å²) in [6.07, 6.45) is 2.15. The Labute approximate surface area is 250 Å². The predicted octanol–water partition coefficient (Wildman–Crippen LogP) is 8.83. The summed E-state index contributed by atoms with van der Waals surface area (Å²) in [5.41, 5.74) is 8.90. The molecule has 1 unspecified atom stereocenters. The Bertz CT molecular complexity index is 1860. The lowest BCUT2D eigenvalue weighted by Crippen LogP contribution is -2.29. The van der Waals surface area contributed by atoms with Crippen molar-refractivity contribution in [2.75, 3.05) is 0 Å². The smallest absolute Gasteiger partial charge is 0.207 e. The van der Waals surface area contributed by atoms with Gasteiger partial charge in [0, 0.05) is 4.47 Å². The van der Waals surface area contributed by atoms with E-state index >= 15 is 0 Å². The molecule has 41 heavy (non-hydrogen) atoms. The van der Waals surface area contributed by atoms with Gasteiger partial charge in [-0.25, -0.2) is 8.42 Å². The van der Waals surface area contributed by atoms with Crippen LogP contribution >= 0.6 is 15.9 Å². The second kappa shape index (κ2) is 11.5. The molecular weight excluding hydrogens is 590 g/mol. The number of aryl methyl sites for hydroxylation is 1. The molecule has 1 N–H and O–H groups in total. The highest BCUT2D eigenvalue weighted by molar-refractivity contribution is 9.10. The van der Waals surface area contributed by atoms with Crippen molar-refractivity contribution in [2.45, 2.75) is 17.9 Å². The van der Waals surface area contributed by atoms with Gasteiger partial charge in [-0.1, -0.05) is 131 Å².